The van der Waals surface area contributed by atoms with Crippen molar-refractivity contribution in [3.8, 4) is 0 Å². The molecule has 0 radical (unpaired) electrons. The number of thioether (sulfide) groups is 1. The number of carbonyl (C=O) groups is 2. The van der Waals surface area contributed by atoms with Crippen molar-refractivity contribution in [2.45, 2.75) is 17.9 Å². The second-order valence-corrected chi connectivity index (χ2v) is 7.02. The molecule has 1 atom stereocenters. The number of nitrogens with zero attached hydrogens (tertiary/aromatic N) is 1. The van der Waals surface area contributed by atoms with E-state index in [1.165, 1.54) is 55.1 Å². The van der Waals surface area contributed by atoms with Crippen LogP contribution in [0.5, 0.6) is 0 Å². The first kappa shape index (κ1) is 21.0. The number of hydrogen-bond donors (Lipinski definition) is 1. The van der Waals surface area contributed by atoms with Gasteiger partial charge in [-0.05, 0) is 43.5 Å². The quantitative estimate of drug-likeness (QED) is 0.306. The molecule has 142 valence electrons. The van der Waals surface area contributed by atoms with Crippen LogP contribution in [0.4, 0.5) is 11.4 Å². The van der Waals surface area contributed by atoms with E-state index in [0.29, 0.717) is 15.6 Å². The molecule has 2 aromatic carbocycles. The Balaban J connectivity index is 2.15. The fourth-order valence-corrected chi connectivity index (χ4v) is 2.96. The molecule has 1 N–H and O–H groups in total. The van der Waals surface area contributed by atoms with Crippen LogP contribution in [0.15, 0.2) is 41.3 Å². The highest BCUT2D eigenvalue weighted by molar-refractivity contribution is 7.98. The third-order valence-electron chi connectivity index (χ3n) is 3.46. The van der Waals surface area contributed by atoms with E-state index in [1.807, 2.05) is 0 Å². The Bertz CT molecular complexity index is 907. The van der Waals surface area contributed by atoms with Gasteiger partial charge in [0.1, 0.15) is 5.56 Å². The lowest BCUT2D eigenvalue weighted by molar-refractivity contribution is -0.385. The molecule has 1 unspecified atom stereocenters. The Kier molecular flexibility index (Phi) is 7.06. The molecule has 0 heterocycles. The Morgan fingerprint density at radius 3 is 2.52 bits per heavy atom. The normalized spacial score (nSPS) is 11.6. The Hall–Kier alpha value is -2.29. The van der Waals surface area contributed by atoms with Gasteiger partial charge in [-0.15, -0.1) is 11.8 Å². The van der Waals surface area contributed by atoms with Crippen molar-refractivity contribution in [1.29, 1.82) is 0 Å². The van der Waals surface area contributed by atoms with Crippen molar-refractivity contribution in [3.05, 3.63) is 62.1 Å². The van der Waals surface area contributed by atoms with Crippen molar-refractivity contribution >= 4 is 58.2 Å². The highest BCUT2D eigenvalue weighted by Crippen LogP contribution is 2.27. The summed E-state index contributed by atoms with van der Waals surface area (Å²) in [5.41, 5.74) is -0.327. The van der Waals surface area contributed by atoms with Crippen LogP contribution in [-0.4, -0.2) is 29.2 Å². The molecule has 0 aromatic heterocycles. The molecule has 0 saturated carbocycles. The third-order valence-corrected chi connectivity index (χ3v) is 4.74. The number of esters is 1. The molecule has 27 heavy (non-hydrogen) atoms. The van der Waals surface area contributed by atoms with Crippen molar-refractivity contribution in [2.24, 2.45) is 0 Å². The lowest BCUT2D eigenvalue weighted by Gasteiger charge is -2.14. The van der Waals surface area contributed by atoms with E-state index in [9.17, 15) is 19.7 Å². The van der Waals surface area contributed by atoms with Gasteiger partial charge in [0.25, 0.3) is 11.6 Å². The molecule has 1 amide bonds. The largest absolute Gasteiger partial charge is 0.449 e. The van der Waals surface area contributed by atoms with Gasteiger partial charge in [0.2, 0.25) is 0 Å². The number of halogens is 2. The molecule has 0 aliphatic carbocycles. The number of amides is 1. The van der Waals surface area contributed by atoms with Gasteiger partial charge in [-0.25, -0.2) is 4.79 Å². The lowest BCUT2D eigenvalue weighted by atomic mass is 10.2. The molecule has 0 fully saturated rings. The van der Waals surface area contributed by atoms with Crippen LogP contribution in [0.3, 0.4) is 0 Å². The predicted octanol–water partition coefficient (Wildman–Crippen LogP) is 4.81. The zero-order valence-corrected chi connectivity index (χ0v) is 16.5. The number of hydrogen-bond acceptors (Lipinski definition) is 6. The van der Waals surface area contributed by atoms with E-state index in [-0.39, 0.29) is 10.6 Å². The molecule has 7 nitrogen and oxygen atoms in total. The summed E-state index contributed by atoms with van der Waals surface area (Å²) in [6, 6.07) is 8.60. The van der Waals surface area contributed by atoms with Gasteiger partial charge in [0.05, 0.1) is 15.6 Å². The Labute approximate surface area is 169 Å². The van der Waals surface area contributed by atoms with E-state index < -0.39 is 28.6 Å². The molecule has 0 spiro atoms. The number of carbonyl (C=O) groups excluding carboxylic acids is 2. The lowest BCUT2D eigenvalue weighted by Crippen LogP contribution is -2.30. The van der Waals surface area contributed by atoms with E-state index >= 15 is 0 Å². The molecule has 0 aliphatic rings. The summed E-state index contributed by atoms with van der Waals surface area (Å²) in [7, 11) is 0. The molecule has 10 heteroatoms. The molecule has 0 bridgehead atoms. The van der Waals surface area contributed by atoms with Gasteiger partial charge in [-0.3, -0.25) is 14.9 Å². The average Bonchev–Trinajstić information content (AvgIpc) is 2.63. The molecule has 0 saturated heterocycles. The van der Waals surface area contributed by atoms with Crippen LogP contribution in [0.1, 0.15) is 17.3 Å². The number of benzene rings is 2. The van der Waals surface area contributed by atoms with Crippen molar-refractivity contribution < 1.29 is 19.2 Å². The number of nitrogens with one attached hydrogen (secondary N) is 1. The highest BCUT2D eigenvalue weighted by Gasteiger charge is 2.26. The van der Waals surface area contributed by atoms with Crippen LogP contribution >= 0.6 is 35.0 Å². The Morgan fingerprint density at radius 2 is 1.93 bits per heavy atom. The maximum Gasteiger partial charge on any atom is 0.345 e. The van der Waals surface area contributed by atoms with Gasteiger partial charge >= 0.3 is 5.97 Å². The van der Waals surface area contributed by atoms with E-state index in [4.69, 9.17) is 27.9 Å². The third kappa shape index (κ3) is 5.35. The van der Waals surface area contributed by atoms with E-state index in [2.05, 4.69) is 5.32 Å². The van der Waals surface area contributed by atoms with Crippen molar-refractivity contribution in [2.75, 3.05) is 11.6 Å². The first-order valence-electron chi connectivity index (χ1n) is 7.52. The SMILES string of the molecule is CSc1ccc([N+](=O)[O-])c(C(=O)OC(C)C(=O)Nc2ccc(Cl)cc2Cl)c1. The number of nitro benzene ring substituents is 1. The van der Waals surface area contributed by atoms with Crippen LogP contribution in [-0.2, 0) is 9.53 Å². The number of anilines is 1. The minimum atomic E-state index is -1.21. The minimum Gasteiger partial charge on any atom is -0.449 e. The van der Waals surface area contributed by atoms with Gasteiger partial charge < -0.3 is 10.1 Å². The first-order chi connectivity index (χ1) is 12.7. The molecule has 2 aromatic rings. The Morgan fingerprint density at radius 1 is 1.22 bits per heavy atom. The second kappa shape index (κ2) is 9.07. The summed E-state index contributed by atoms with van der Waals surface area (Å²) in [5, 5.41) is 14.3. The average molecular weight is 429 g/mol. The standard InChI is InChI=1S/C17H14Cl2N2O5S/c1-9(16(22)20-14-5-3-10(18)7-13(14)19)26-17(23)12-8-11(27-2)4-6-15(12)21(24)25/h3-9H,1-2H3,(H,20,22). The van der Waals surface area contributed by atoms with Crippen molar-refractivity contribution in [1.82, 2.24) is 0 Å². The monoisotopic (exact) mass is 428 g/mol. The summed E-state index contributed by atoms with van der Waals surface area (Å²) >= 11 is 13.1. The fourth-order valence-electron chi connectivity index (χ4n) is 2.07. The first-order valence-corrected chi connectivity index (χ1v) is 9.50. The van der Waals surface area contributed by atoms with Gasteiger partial charge in [0, 0.05) is 16.0 Å². The van der Waals surface area contributed by atoms with Crippen LogP contribution in [0, 0.1) is 10.1 Å². The topological polar surface area (TPSA) is 98.5 Å². The smallest absolute Gasteiger partial charge is 0.345 e. The summed E-state index contributed by atoms with van der Waals surface area (Å²) in [6.45, 7) is 1.35. The zero-order valence-electron chi connectivity index (χ0n) is 14.2. The maximum absolute atomic E-state index is 12.4. The zero-order chi connectivity index (χ0) is 20.1. The molecule has 2 rings (SSSR count). The van der Waals surface area contributed by atoms with E-state index in [1.54, 1.807) is 6.26 Å². The molecular weight excluding hydrogens is 415 g/mol. The highest BCUT2D eigenvalue weighted by atomic mass is 35.5. The predicted molar refractivity (Wildman–Crippen MR) is 105 cm³/mol. The summed E-state index contributed by atoms with van der Waals surface area (Å²) in [5.74, 6) is -1.61. The van der Waals surface area contributed by atoms with Crippen molar-refractivity contribution in [3.63, 3.8) is 0 Å². The molecule has 0 aliphatic heterocycles. The minimum absolute atomic E-state index is 0.220. The summed E-state index contributed by atoms with van der Waals surface area (Å²) in [4.78, 5) is 35.7. The molecular formula is C17H14Cl2N2O5S. The summed E-state index contributed by atoms with van der Waals surface area (Å²) in [6.07, 6.45) is 0.559. The van der Waals surface area contributed by atoms with Crippen LogP contribution < -0.4 is 5.32 Å². The van der Waals surface area contributed by atoms with Crippen LogP contribution in [0.2, 0.25) is 10.0 Å². The van der Waals surface area contributed by atoms with Crippen LogP contribution in [0.25, 0.3) is 0 Å². The number of ether oxygens (including phenoxy) is 1. The fraction of sp³-hybridized carbons (Fsp3) is 0.176. The van der Waals surface area contributed by atoms with Gasteiger partial charge in [-0.1, -0.05) is 23.2 Å². The number of rotatable bonds is 6. The second-order valence-electron chi connectivity index (χ2n) is 5.30. The van der Waals surface area contributed by atoms with E-state index in [0.717, 1.165) is 0 Å². The maximum atomic E-state index is 12.4. The van der Waals surface area contributed by atoms with Gasteiger partial charge in [-0.2, -0.15) is 0 Å². The summed E-state index contributed by atoms with van der Waals surface area (Å²) < 4.78 is 5.09. The number of nitro groups is 1. The van der Waals surface area contributed by atoms with Gasteiger partial charge in [0.15, 0.2) is 6.10 Å².